The maximum Gasteiger partial charge on any atom is 0.223 e. The van der Waals surface area contributed by atoms with Crippen LogP contribution in [0.25, 0.3) is 0 Å². The van der Waals surface area contributed by atoms with Gasteiger partial charge in [-0.1, -0.05) is 0 Å². The summed E-state index contributed by atoms with van der Waals surface area (Å²) in [5.74, 6) is -0.291. The van der Waals surface area contributed by atoms with E-state index in [0.717, 1.165) is 25.1 Å². The number of nitrogens with zero attached hydrogens (tertiary/aromatic N) is 1. The van der Waals surface area contributed by atoms with Crippen molar-refractivity contribution >= 4 is 23.7 Å². The van der Waals surface area contributed by atoms with Gasteiger partial charge in [0.2, 0.25) is 5.91 Å². The Kier molecular flexibility index (Phi) is 5.86. The number of carbonyl (C=O) groups excluding carboxylic acids is 3. The molecular weight excluding hydrogens is 344 g/mol. The Morgan fingerprint density at radius 2 is 1.67 bits per heavy atom. The molecule has 2 aromatic carbocycles. The van der Waals surface area contributed by atoms with Gasteiger partial charge in [-0.05, 0) is 61.4 Å². The average Bonchev–Trinajstić information content (AvgIpc) is 2.72. The molecule has 3 rings (SSSR count). The van der Waals surface area contributed by atoms with Gasteiger partial charge in [-0.3, -0.25) is 14.4 Å². The van der Waals surface area contributed by atoms with Gasteiger partial charge in [0.1, 0.15) is 12.0 Å². The molecule has 1 aliphatic rings. The normalized spacial score (nSPS) is 14.6. The van der Waals surface area contributed by atoms with Gasteiger partial charge in [-0.2, -0.15) is 0 Å². The Morgan fingerprint density at radius 3 is 2.26 bits per heavy atom. The SMILES string of the molecule is O=Cc1ccc(N2CCC(C(=O)NCC(=O)c3ccc(O)cc3)CC2)cc1. The molecule has 0 bridgehead atoms. The quantitative estimate of drug-likeness (QED) is 0.606. The lowest BCUT2D eigenvalue weighted by atomic mass is 9.95. The monoisotopic (exact) mass is 366 g/mol. The molecule has 1 heterocycles. The number of benzene rings is 2. The minimum Gasteiger partial charge on any atom is -0.508 e. The molecule has 0 unspecified atom stereocenters. The molecule has 0 radical (unpaired) electrons. The molecule has 6 nitrogen and oxygen atoms in total. The second-order valence-electron chi connectivity index (χ2n) is 6.66. The third kappa shape index (κ3) is 4.73. The summed E-state index contributed by atoms with van der Waals surface area (Å²) in [6, 6.07) is 13.4. The van der Waals surface area contributed by atoms with Crippen LogP contribution in [0.5, 0.6) is 5.75 Å². The number of carbonyl (C=O) groups is 3. The second-order valence-corrected chi connectivity index (χ2v) is 6.66. The van der Waals surface area contributed by atoms with Crippen LogP contribution in [0, 0.1) is 5.92 Å². The van der Waals surface area contributed by atoms with Crippen LogP contribution in [-0.2, 0) is 4.79 Å². The van der Waals surface area contributed by atoms with Crippen LogP contribution in [0.4, 0.5) is 5.69 Å². The van der Waals surface area contributed by atoms with Crippen molar-refractivity contribution in [2.45, 2.75) is 12.8 Å². The maximum absolute atomic E-state index is 12.4. The van der Waals surface area contributed by atoms with E-state index in [1.165, 1.54) is 24.3 Å². The number of aromatic hydroxyl groups is 1. The molecule has 2 aromatic rings. The minimum atomic E-state index is -0.184. The summed E-state index contributed by atoms with van der Waals surface area (Å²) in [4.78, 5) is 37.4. The van der Waals surface area contributed by atoms with E-state index >= 15 is 0 Å². The summed E-state index contributed by atoms with van der Waals surface area (Å²) in [5, 5.41) is 12.0. The standard InChI is InChI=1S/C21H22N2O4/c24-14-15-1-5-18(6-2-15)23-11-9-17(10-12-23)21(27)22-13-20(26)16-3-7-19(25)8-4-16/h1-8,14,17,25H,9-13H2,(H,22,27). The van der Waals surface area contributed by atoms with Crippen molar-refractivity contribution in [2.24, 2.45) is 5.92 Å². The van der Waals surface area contributed by atoms with Gasteiger partial charge < -0.3 is 15.3 Å². The third-order valence-electron chi connectivity index (χ3n) is 4.87. The average molecular weight is 366 g/mol. The Labute approximate surface area is 157 Å². The van der Waals surface area contributed by atoms with Gasteiger partial charge in [-0.15, -0.1) is 0 Å². The van der Waals surface area contributed by atoms with E-state index in [0.29, 0.717) is 24.0 Å². The molecule has 0 spiro atoms. The van der Waals surface area contributed by atoms with Crippen molar-refractivity contribution in [1.29, 1.82) is 0 Å². The highest BCUT2D eigenvalue weighted by atomic mass is 16.3. The van der Waals surface area contributed by atoms with Gasteiger partial charge in [0.15, 0.2) is 5.78 Å². The van der Waals surface area contributed by atoms with Crippen molar-refractivity contribution in [3.63, 3.8) is 0 Å². The molecule has 0 aliphatic carbocycles. The predicted molar refractivity (Wildman–Crippen MR) is 102 cm³/mol. The van der Waals surface area contributed by atoms with Gasteiger partial charge in [0, 0.05) is 35.8 Å². The number of phenolic OH excluding ortho intramolecular Hbond substituents is 1. The fourth-order valence-corrected chi connectivity index (χ4v) is 3.22. The van der Waals surface area contributed by atoms with E-state index in [-0.39, 0.29) is 29.9 Å². The summed E-state index contributed by atoms with van der Waals surface area (Å²) in [6.45, 7) is 1.46. The summed E-state index contributed by atoms with van der Waals surface area (Å²) < 4.78 is 0. The van der Waals surface area contributed by atoms with Crippen molar-refractivity contribution in [3.8, 4) is 5.75 Å². The van der Waals surface area contributed by atoms with Crippen LogP contribution in [0.3, 0.4) is 0 Å². The number of piperidine rings is 1. The third-order valence-corrected chi connectivity index (χ3v) is 4.87. The highest BCUT2D eigenvalue weighted by Gasteiger charge is 2.25. The molecule has 1 aliphatic heterocycles. The topological polar surface area (TPSA) is 86.7 Å². The molecular formula is C21H22N2O4. The molecule has 1 amide bonds. The number of rotatable bonds is 6. The zero-order valence-electron chi connectivity index (χ0n) is 14.9. The maximum atomic E-state index is 12.4. The second kappa shape index (κ2) is 8.49. The number of phenols is 1. The van der Waals surface area contributed by atoms with Crippen LogP contribution < -0.4 is 10.2 Å². The lowest BCUT2D eigenvalue weighted by Gasteiger charge is -2.33. The number of hydrogen-bond acceptors (Lipinski definition) is 5. The molecule has 1 saturated heterocycles. The number of anilines is 1. The highest BCUT2D eigenvalue weighted by molar-refractivity contribution is 5.99. The first kappa shape index (κ1) is 18.6. The Bertz CT molecular complexity index is 807. The van der Waals surface area contributed by atoms with Crippen LogP contribution in [0.1, 0.15) is 33.6 Å². The van der Waals surface area contributed by atoms with Crippen LogP contribution in [-0.4, -0.2) is 42.7 Å². The molecule has 0 atom stereocenters. The van der Waals surface area contributed by atoms with Gasteiger partial charge in [0.25, 0.3) is 0 Å². The lowest BCUT2D eigenvalue weighted by Crippen LogP contribution is -2.41. The minimum absolute atomic E-state index is 0.0447. The first-order chi connectivity index (χ1) is 13.1. The van der Waals surface area contributed by atoms with E-state index in [1.807, 2.05) is 12.1 Å². The van der Waals surface area contributed by atoms with E-state index in [9.17, 15) is 19.5 Å². The molecule has 0 saturated carbocycles. The van der Waals surface area contributed by atoms with Crippen LogP contribution in [0.15, 0.2) is 48.5 Å². The molecule has 0 aromatic heterocycles. The number of hydrogen-bond donors (Lipinski definition) is 2. The van der Waals surface area contributed by atoms with E-state index in [4.69, 9.17) is 0 Å². The molecule has 27 heavy (non-hydrogen) atoms. The lowest BCUT2D eigenvalue weighted by molar-refractivity contribution is -0.125. The van der Waals surface area contributed by atoms with E-state index in [2.05, 4.69) is 10.2 Å². The number of Topliss-reactive ketones (excluding diaryl/α,β-unsaturated/α-hetero) is 1. The predicted octanol–water partition coefficient (Wildman–Crippen LogP) is 2.42. The molecule has 6 heteroatoms. The zero-order valence-corrected chi connectivity index (χ0v) is 14.9. The first-order valence-electron chi connectivity index (χ1n) is 8.97. The fourth-order valence-electron chi connectivity index (χ4n) is 3.22. The van der Waals surface area contributed by atoms with E-state index < -0.39 is 0 Å². The Hall–Kier alpha value is -3.15. The van der Waals surface area contributed by atoms with Crippen LogP contribution in [0.2, 0.25) is 0 Å². The van der Waals surface area contributed by atoms with Gasteiger partial charge in [-0.25, -0.2) is 0 Å². The van der Waals surface area contributed by atoms with Gasteiger partial charge in [0.05, 0.1) is 6.54 Å². The first-order valence-corrected chi connectivity index (χ1v) is 8.97. The highest BCUT2D eigenvalue weighted by Crippen LogP contribution is 2.23. The molecule has 2 N–H and O–H groups in total. The summed E-state index contributed by atoms with van der Waals surface area (Å²) in [6.07, 6.45) is 2.25. The van der Waals surface area contributed by atoms with E-state index in [1.54, 1.807) is 12.1 Å². The molecule has 1 fully saturated rings. The largest absolute Gasteiger partial charge is 0.508 e. The number of amides is 1. The van der Waals surface area contributed by atoms with Crippen molar-refractivity contribution in [2.75, 3.05) is 24.5 Å². The Morgan fingerprint density at radius 1 is 1.04 bits per heavy atom. The fraction of sp³-hybridized carbons (Fsp3) is 0.286. The Balaban J connectivity index is 1.47. The van der Waals surface area contributed by atoms with Gasteiger partial charge >= 0.3 is 0 Å². The number of ketones is 1. The molecule has 140 valence electrons. The van der Waals surface area contributed by atoms with Crippen LogP contribution >= 0.6 is 0 Å². The number of nitrogens with one attached hydrogen (secondary N) is 1. The van der Waals surface area contributed by atoms with Crippen molar-refractivity contribution in [3.05, 3.63) is 59.7 Å². The smallest absolute Gasteiger partial charge is 0.223 e. The zero-order chi connectivity index (χ0) is 19.2. The van der Waals surface area contributed by atoms with Crippen molar-refractivity contribution in [1.82, 2.24) is 5.32 Å². The van der Waals surface area contributed by atoms with Crippen molar-refractivity contribution < 1.29 is 19.5 Å². The summed E-state index contributed by atoms with van der Waals surface area (Å²) in [7, 11) is 0. The summed E-state index contributed by atoms with van der Waals surface area (Å²) in [5.41, 5.74) is 2.15. The summed E-state index contributed by atoms with van der Waals surface area (Å²) >= 11 is 0. The number of aldehydes is 1.